The molecule has 1 atom stereocenters. The van der Waals surface area contributed by atoms with Crippen LogP contribution in [-0.2, 0) is 9.53 Å². The van der Waals surface area contributed by atoms with Gasteiger partial charge < -0.3 is 19.7 Å². The Labute approximate surface area is 132 Å². The number of ether oxygens (including phenoxy) is 2. The summed E-state index contributed by atoms with van der Waals surface area (Å²) in [5, 5.41) is 20.7. The lowest BCUT2D eigenvalue weighted by atomic mass is 9.72. The molecule has 0 heterocycles. The standard InChI is InChI=1S/C16H16O7/c1-8(17)6-16(21)11(7-22-2)14(19)13-10(15(16)20)4-9(23-3)5-12(13)18/h4-5,7,18,21H,6H2,1-3H3/t16-/m1/s1. The molecule has 2 rings (SSSR count). The first-order valence-electron chi connectivity index (χ1n) is 6.72. The smallest absolute Gasteiger partial charge is 0.200 e. The van der Waals surface area contributed by atoms with Gasteiger partial charge >= 0.3 is 0 Å². The van der Waals surface area contributed by atoms with E-state index in [0.717, 1.165) is 6.26 Å². The molecule has 7 heteroatoms. The predicted octanol–water partition coefficient (Wildman–Crippen LogP) is 1.02. The molecule has 0 unspecified atom stereocenters. The molecule has 1 aromatic carbocycles. The average molecular weight is 320 g/mol. The van der Waals surface area contributed by atoms with Gasteiger partial charge in [-0.1, -0.05) is 0 Å². The maximum atomic E-state index is 12.7. The second-order valence-electron chi connectivity index (χ2n) is 5.23. The molecule has 0 fully saturated rings. The number of ketones is 3. The summed E-state index contributed by atoms with van der Waals surface area (Å²) >= 11 is 0. The normalized spacial score (nSPS) is 22.0. The van der Waals surface area contributed by atoms with E-state index in [-0.39, 0.29) is 16.9 Å². The van der Waals surface area contributed by atoms with E-state index < -0.39 is 40.7 Å². The maximum absolute atomic E-state index is 12.7. The van der Waals surface area contributed by atoms with Gasteiger partial charge in [0.05, 0.1) is 31.6 Å². The lowest BCUT2D eigenvalue weighted by Crippen LogP contribution is -2.48. The lowest BCUT2D eigenvalue weighted by Gasteiger charge is -2.32. The van der Waals surface area contributed by atoms with Crippen LogP contribution in [0.5, 0.6) is 11.5 Å². The van der Waals surface area contributed by atoms with Gasteiger partial charge in [0.25, 0.3) is 0 Å². The van der Waals surface area contributed by atoms with Gasteiger partial charge in [-0.05, 0) is 13.0 Å². The van der Waals surface area contributed by atoms with Gasteiger partial charge in [-0.25, -0.2) is 0 Å². The number of phenols is 1. The Hall–Kier alpha value is -2.67. The minimum Gasteiger partial charge on any atom is -0.507 e. The van der Waals surface area contributed by atoms with E-state index in [1.165, 1.54) is 33.3 Å². The molecule has 0 spiro atoms. The molecule has 0 saturated carbocycles. The number of aliphatic hydroxyl groups is 1. The first-order chi connectivity index (χ1) is 10.8. The Morgan fingerprint density at radius 3 is 2.48 bits per heavy atom. The van der Waals surface area contributed by atoms with Crippen LogP contribution in [0.4, 0.5) is 0 Å². The number of carbonyl (C=O) groups excluding carboxylic acids is 3. The molecule has 0 aromatic heterocycles. The van der Waals surface area contributed by atoms with E-state index in [4.69, 9.17) is 9.47 Å². The van der Waals surface area contributed by atoms with Crippen molar-refractivity contribution in [2.75, 3.05) is 14.2 Å². The zero-order valence-electron chi connectivity index (χ0n) is 12.9. The fraction of sp³-hybridized carbons (Fsp3) is 0.312. The van der Waals surface area contributed by atoms with Crippen molar-refractivity contribution in [1.82, 2.24) is 0 Å². The van der Waals surface area contributed by atoms with E-state index in [2.05, 4.69) is 0 Å². The number of Topliss-reactive ketones (excluding diaryl/α,β-unsaturated/α-hetero) is 3. The van der Waals surface area contributed by atoms with Gasteiger partial charge in [0.1, 0.15) is 17.3 Å². The Balaban J connectivity index is 2.77. The molecule has 1 aromatic rings. The first kappa shape index (κ1) is 16.7. The fourth-order valence-electron chi connectivity index (χ4n) is 2.61. The van der Waals surface area contributed by atoms with Crippen molar-refractivity contribution in [3.63, 3.8) is 0 Å². The number of methoxy groups -OCH3 is 2. The third kappa shape index (κ3) is 2.59. The Kier molecular flexibility index (Phi) is 4.24. The number of aromatic hydroxyl groups is 1. The summed E-state index contributed by atoms with van der Waals surface area (Å²) in [6.45, 7) is 1.19. The third-order valence-electron chi connectivity index (χ3n) is 3.60. The topological polar surface area (TPSA) is 110 Å². The molecule has 122 valence electrons. The van der Waals surface area contributed by atoms with Crippen molar-refractivity contribution in [3.05, 3.63) is 35.1 Å². The summed E-state index contributed by atoms with van der Waals surface area (Å²) in [7, 11) is 2.57. The molecule has 1 aliphatic carbocycles. The van der Waals surface area contributed by atoms with Crippen molar-refractivity contribution >= 4 is 17.3 Å². The van der Waals surface area contributed by atoms with Crippen LogP contribution in [0, 0.1) is 0 Å². The zero-order chi connectivity index (χ0) is 17.4. The second-order valence-corrected chi connectivity index (χ2v) is 5.23. The largest absolute Gasteiger partial charge is 0.507 e. The third-order valence-corrected chi connectivity index (χ3v) is 3.60. The van der Waals surface area contributed by atoms with Gasteiger partial charge in [-0.15, -0.1) is 0 Å². The van der Waals surface area contributed by atoms with E-state index in [0.29, 0.717) is 0 Å². The van der Waals surface area contributed by atoms with E-state index >= 15 is 0 Å². The highest BCUT2D eigenvalue weighted by Gasteiger charge is 2.51. The summed E-state index contributed by atoms with van der Waals surface area (Å²) < 4.78 is 9.72. The average Bonchev–Trinajstić information content (AvgIpc) is 2.48. The van der Waals surface area contributed by atoms with Crippen LogP contribution in [0.15, 0.2) is 24.0 Å². The van der Waals surface area contributed by atoms with Crippen molar-refractivity contribution < 1.29 is 34.1 Å². The van der Waals surface area contributed by atoms with Crippen LogP contribution in [0.2, 0.25) is 0 Å². The quantitative estimate of drug-likeness (QED) is 0.629. The van der Waals surface area contributed by atoms with Gasteiger partial charge in [-0.2, -0.15) is 0 Å². The number of hydrogen-bond acceptors (Lipinski definition) is 7. The predicted molar refractivity (Wildman–Crippen MR) is 78.7 cm³/mol. The van der Waals surface area contributed by atoms with Crippen molar-refractivity contribution in [2.24, 2.45) is 0 Å². The molecule has 0 saturated heterocycles. The molecule has 0 amide bonds. The minimum absolute atomic E-state index is 0.145. The van der Waals surface area contributed by atoms with Crippen LogP contribution in [-0.4, -0.2) is 47.4 Å². The Morgan fingerprint density at radius 2 is 1.96 bits per heavy atom. The van der Waals surface area contributed by atoms with Crippen molar-refractivity contribution in [1.29, 1.82) is 0 Å². The molecule has 2 N–H and O–H groups in total. The first-order valence-corrected chi connectivity index (χ1v) is 6.72. The molecular formula is C16H16O7. The number of fused-ring (bicyclic) bond motifs is 1. The monoisotopic (exact) mass is 320 g/mol. The molecule has 23 heavy (non-hydrogen) atoms. The van der Waals surface area contributed by atoms with Gasteiger partial charge in [0.2, 0.25) is 5.78 Å². The SMILES string of the molecule is COC=C1C(=O)c2c(O)cc(OC)cc2C(=O)[C@@]1(O)CC(C)=O. The van der Waals surface area contributed by atoms with E-state index in [1.807, 2.05) is 0 Å². The Morgan fingerprint density at radius 1 is 1.30 bits per heavy atom. The summed E-state index contributed by atoms with van der Waals surface area (Å²) in [6, 6.07) is 2.42. The highest BCUT2D eigenvalue weighted by atomic mass is 16.5. The van der Waals surface area contributed by atoms with Crippen molar-refractivity contribution in [3.8, 4) is 11.5 Å². The van der Waals surface area contributed by atoms with Crippen LogP contribution >= 0.6 is 0 Å². The minimum atomic E-state index is -2.34. The van der Waals surface area contributed by atoms with Gasteiger partial charge in [0.15, 0.2) is 11.4 Å². The van der Waals surface area contributed by atoms with Crippen LogP contribution in [0.3, 0.4) is 0 Å². The highest BCUT2D eigenvalue weighted by Crippen LogP contribution is 2.41. The summed E-state index contributed by atoms with van der Waals surface area (Å²) in [4.78, 5) is 36.8. The van der Waals surface area contributed by atoms with Gasteiger partial charge in [-0.3, -0.25) is 14.4 Å². The van der Waals surface area contributed by atoms with E-state index in [9.17, 15) is 24.6 Å². The molecular weight excluding hydrogens is 304 g/mol. The number of hydrogen-bond donors (Lipinski definition) is 2. The number of carbonyl (C=O) groups is 3. The van der Waals surface area contributed by atoms with Crippen LogP contribution in [0.25, 0.3) is 0 Å². The zero-order valence-corrected chi connectivity index (χ0v) is 12.9. The molecule has 0 aliphatic heterocycles. The second kappa shape index (κ2) is 5.85. The number of phenolic OH excluding ortho intramolecular Hbond substituents is 1. The Bertz CT molecular complexity index is 732. The van der Waals surface area contributed by atoms with E-state index in [1.54, 1.807) is 0 Å². The molecule has 1 aliphatic rings. The lowest BCUT2D eigenvalue weighted by molar-refractivity contribution is -0.119. The summed E-state index contributed by atoms with van der Waals surface area (Å²) in [5.41, 5.74) is -3.20. The van der Waals surface area contributed by atoms with Crippen LogP contribution in [0.1, 0.15) is 34.1 Å². The number of benzene rings is 1. The maximum Gasteiger partial charge on any atom is 0.200 e. The molecule has 0 bridgehead atoms. The highest BCUT2D eigenvalue weighted by molar-refractivity contribution is 6.28. The summed E-state index contributed by atoms with van der Waals surface area (Å²) in [5.74, 6) is -2.45. The van der Waals surface area contributed by atoms with Crippen molar-refractivity contribution in [2.45, 2.75) is 18.9 Å². The fourth-order valence-corrected chi connectivity index (χ4v) is 2.61. The molecule has 0 radical (unpaired) electrons. The number of rotatable bonds is 4. The molecule has 7 nitrogen and oxygen atoms in total. The van der Waals surface area contributed by atoms with Gasteiger partial charge in [0, 0.05) is 18.1 Å². The summed E-state index contributed by atoms with van der Waals surface area (Å²) in [6.07, 6.45) is 0.333. The van der Waals surface area contributed by atoms with Crippen LogP contribution < -0.4 is 4.74 Å².